The number of ether oxygens (including phenoxy) is 2. The minimum absolute atomic E-state index is 0.286. The lowest BCUT2D eigenvalue weighted by Gasteiger charge is -2.26. The summed E-state index contributed by atoms with van der Waals surface area (Å²) in [5.74, 6) is 2.02. The van der Waals surface area contributed by atoms with Gasteiger partial charge in [-0.1, -0.05) is 6.08 Å². The molecule has 11 nitrogen and oxygen atoms in total. The summed E-state index contributed by atoms with van der Waals surface area (Å²) >= 11 is 0. The molecule has 1 aliphatic rings. The predicted molar refractivity (Wildman–Crippen MR) is 160 cm³/mol. The Labute approximate surface area is 243 Å². The molecular formula is C31H32N8O3. The Hall–Kier alpha value is -5.06. The van der Waals surface area contributed by atoms with Crippen molar-refractivity contribution in [1.29, 1.82) is 0 Å². The molecule has 0 radical (unpaired) electrons. The fourth-order valence-electron chi connectivity index (χ4n) is 4.78. The summed E-state index contributed by atoms with van der Waals surface area (Å²) in [6.07, 6.45) is 8.12. The first-order valence-corrected chi connectivity index (χ1v) is 13.9. The highest BCUT2D eigenvalue weighted by Gasteiger charge is 2.23. The highest BCUT2D eigenvalue weighted by molar-refractivity contribution is 5.88. The van der Waals surface area contributed by atoms with Gasteiger partial charge in [-0.05, 0) is 88.1 Å². The van der Waals surface area contributed by atoms with Gasteiger partial charge in [-0.15, -0.1) is 0 Å². The van der Waals surface area contributed by atoms with Crippen molar-refractivity contribution in [2.75, 3.05) is 18.4 Å². The number of carbonyl (C=O) groups is 1. The molecule has 42 heavy (non-hydrogen) atoms. The summed E-state index contributed by atoms with van der Waals surface area (Å²) < 4.78 is 13.4. The Morgan fingerprint density at radius 3 is 2.71 bits per heavy atom. The third kappa shape index (κ3) is 5.99. The van der Waals surface area contributed by atoms with Crippen LogP contribution in [0, 0.1) is 6.92 Å². The number of rotatable bonds is 5. The van der Waals surface area contributed by atoms with Crippen molar-refractivity contribution in [2.45, 2.75) is 46.1 Å². The maximum atomic E-state index is 12.6. The average Bonchev–Trinajstić information content (AvgIpc) is 3.28. The molecule has 11 heteroatoms. The second kappa shape index (κ2) is 11.1. The number of anilines is 2. The number of fused-ring (bicyclic) bond motifs is 2. The van der Waals surface area contributed by atoms with E-state index in [1.165, 1.54) is 12.7 Å². The number of aromatic nitrogens is 6. The van der Waals surface area contributed by atoms with Crippen LogP contribution in [0.25, 0.3) is 22.3 Å². The Morgan fingerprint density at radius 1 is 1.00 bits per heavy atom. The largest absolute Gasteiger partial charge is 0.457 e. The number of benzene rings is 1. The van der Waals surface area contributed by atoms with Crippen molar-refractivity contribution >= 4 is 39.9 Å². The van der Waals surface area contributed by atoms with Crippen molar-refractivity contribution in [3.8, 4) is 11.5 Å². The standard InChI is InChI=1S/C31H32N8O3/c1-20-16-22(7-10-26(20)41-23-12-15-39-27(17-23)33-19-35-39)36-29-28-25(32-18-34-29)9-8-24(37-28)21-6-5-13-38(14-11-21)30(40)42-31(2,3)4/h6-10,12,15-19H,5,11,13-14H2,1-4H3,(H,32,34,36). The first kappa shape index (κ1) is 27.1. The van der Waals surface area contributed by atoms with Gasteiger partial charge < -0.3 is 19.7 Å². The molecule has 5 heterocycles. The number of nitrogens with zero attached hydrogens (tertiary/aromatic N) is 7. The van der Waals surface area contributed by atoms with Gasteiger partial charge in [0.05, 0.1) is 11.2 Å². The van der Waals surface area contributed by atoms with E-state index in [2.05, 4.69) is 31.4 Å². The lowest BCUT2D eigenvalue weighted by Crippen LogP contribution is -2.37. The second-order valence-corrected chi connectivity index (χ2v) is 11.2. The third-order valence-corrected chi connectivity index (χ3v) is 6.82. The number of hydrogen-bond donors (Lipinski definition) is 1. The van der Waals surface area contributed by atoms with Crippen molar-refractivity contribution in [3.05, 3.63) is 78.6 Å². The van der Waals surface area contributed by atoms with Crippen LogP contribution in [0.5, 0.6) is 11.5 Å². The minimum Gasteiger partial charge on any atom is -0.457 e. The van der Waals surface area contributed by atoms with Crippen LogP contribution in [0.15, 0.2) is 67.4 Å². The van der Waals surface area contributed by atoms with E-state index in [4.69, 9.17) is 14.5 Å². The fourth-order valence-corrected chi connectivity index (χ4v) is 4.78. The summed E-state index contributed by atoms with van der Waals surface area (Å²) in [5.41, 5.74) is 5.32. The quantitative estimate of drug-likeness (QED) is 0.261. The fraction of sp³-hybridized carbons (Fsp3) is 0.290. The Balaban J connectivity index is 1.19. The molecule has 1 amide bonds. The van der Waals surface area contributed by atoms with Crippen LogP contribution in [0.3, 0.4) is 0 Å². The molecule has 0 aliphatic carbocycles. The van der Waals surface area contributed by atoms with Gasteiger partial charge in [0.15, 0.2) is 11.5 Å². The predicted octanol–water partition coefficient (Wildman–Crippen LogP) is 6.33. The second-order valence-electron chi connectivity index (χ2n) is 11.2. The molecule has 1 N–H and O–H groups in total. The smallest absolute Gasteiger partial charge is 0.410 e. The van der Waals surface area contributed by atoms with Crippen LogP contribution in [0.1, 0.15) is 44.9 Å². The van der Waals surface area contributed by atoms with Gasteiger partial charge in [0.1, 0.15) is 35.3 Å². The van der Waals surface area contributed by atoms with E-state index in [9.17, 15) is 4.79 Å². The maximum absolute atomic E-state index is 12.6. The molecule has 0 atom stereocenters. The van der Waals surface area contributed by atoms with E-state index in [0.717, 1.165) is 40.2 Å². The number of pyridine rings is 2. The van der Waals surface area contributed by atoms with E-state index in [0.29, 0.717) is 42.2 Å². The lowest BCUT2D eigenvalue weighted by molar-refractivity contribution is 0.0260. The van der Waals surface area contributed by atoms with Crippen LogP contribution in [0.2, 0.25) is 0 Å². The van der Waals surface area contributed by atoms with E-state index < -0.39 is 5.60 Å². The topological polar surface area (TPSA) is 120 Å². The van der Waals surface area contributed by atoms with Crippen molar-refractivity contribution in [1.82, 2.24) is 34.4 Å². The molecule has 0 saturated heterocycles. The first-order valence-electron chi connectivity index (χ1n) is 13.9. The zero-order chi connectivity index (χ0) is 29.3. The molecule has 4 aromatic heterocycles. The highest BCUT2D eigenvalue weighted by atomic mass is 16.6. The van der Waals surface area contributed by atoms with Gasteiger partial charge in [0.25, 0.3) is 0 Å². The van der Waals surface area contributed by atoms with E-state index >= 15 is 0 Å². The highest BCUT2D eigenvalue weighted by Crippen LogP contribution is 2.31. The summed E-state index contributed by atoms with van der Waals surface area (Å²) in [4.78, 5) is 32.4. The first-order chi connectivity index (χ1) is 20.2. The SMILES string of the molecule is Cc1cc(Nc2ncnc3ccc(C4=CCCN(C(=O)OC(C)(C)C)CC4)nc23)ccc1Oc1ccn2ncnc2c1. The molecule has 1 aromatic carbocycles. The van der Waals surface area contributed by atoms with Crippen LogP contribution in [-0.2, 0) is 4.74 Å². The number of hydrogen-bond acceptors (Lipinski definition) is 9. The minimum atomic E-state index is -0.525. The van der Waals surface area contributed by atoms with Crippen LogP contribution < -0.4 is 10.1 Å². The zero-order valence-electron chi connectivity index (χ0n) is 24.0. The number of amides is 1. The summed E-state index contributed by atoms with van der Waals surface area (Å²) in [7, 11) is 0. The summed E-state index contributed by atoms with van der Waals surface area (Å²) in [6.45, 7) is 8.80. The molecule has 214 valence electrons. The van der Waals surface area contributed by atoms with Crippen LogP contribution in [0.4, 0.5) is 16.3 Å². The van der Waals surface area contributed by atoms with Gasteiger partial charge in [-0.25, -0.2) is 29.2 Å². The molecule has 6 rings (SSSR count). The zero-order valence-corrected chi connectivity index (χ0v) is 24.0. The number of nitrogens with one attached hydrogen (secondary N) is 1. The van der Waals surface area contributed by atoms with Crippen molar-refractivity contribution < 1.29 is 14.3 Å². The molecule has 0 spiro atoms. The monoisotopic (exact) mass is 564 g/mol. The normalized spacial score (nSPS) is 14.0. The van der Waals surface area contributed by atoms with Gasteiger partial charge in [-0.3, -0.25) is 0 Å². The lowest BCUT2D eigenvalue weighted by atomic mass is 10.1. The number of aryl methyl sites for hydroxylation is 1. The van der Waals surface area contributed by atoms with E-state index in [1.54, 1.807) is 9.42 Å². The Morgan fingerprint density at radius 2 is 1.88 bits per heavy atom. The average molecular weight is 565 g/mol. The Kier molecular flexibility index (Phi) is 7.15. The van der Waals surface area contributed by atoms with Gasteiger partial charge in [-0.2, -0.15) is 5.10 Å². The molecule has 0 saturated carbocycles. The maximum Gasteiger partial charge on any atom is 0.410 e. The van der Waals surface area contributed by atoms with Crippen LogP contribution in [-0.4, -0.2) is 59.2 Å². The molecule has 5 aromatic rings. The van der Waals surface area contributed by atoms with E-state index in [1.807, 2.05) is 76.4 Å². The summed E-state index contributed by atoms with van der Waals surface area (Å²) in [5, 5.41) is 7.52. The van der Waals surface area contributed by atoms with Gasteiger partial charge in [0.2, 0.25) is 0 Å². The summed E-state index contributed by atoms with van der Waals surface area (Å²) in [6, 6.07) is 13.5. The van der Waals surface area contributed by atoms with Crippen molar-refractivity contribution in [2.24, 2.45) is 0 Å². The van der Waals surface area contributed by atoms with E-state index in [-0.39, 0.29) is 6.09 Å². The van der Waals surface area contributed by atoms with Crippen molar-refractivity contribution in [3.63, 3.8) is 0 Å². The molecule has 0 fully saturated rings. The van der Waals surface area contributed by atoms with Gasteiger partial charge >= 0.3 is 6.09 Å². The molecule has 1 aliphatic heterocycles. The third-order valence-electron chi connectivity index (χ3n) is 6.82. The number of carbonyl (C=O) groups excluding carboxylic acids is 1. The molecule has 0 bridgehead atoms. The molecule has 0 unspecified atom stereocenters. The molecular weight excluding hydrogens is 532 g/mol. The van der Waals surface area contributed by atoms with Gasteiger partial charge in [0, 0.05) is 31.0 Å². The Bertz CT molecular complexity index is 1810. The van der Waals surface area contributed by atoms with Crippen LogP contribution >= 0.6 is 0 Å².